The Morgan fingerprint density at radius 2 is 1.69 bits per heavy atom. The van der Waals surface area contributed by atoms with Gasteiger partial charge in [0.15, 0.2) is 0 Å². The van der Waals surface area contributed by atoms with Crippen LogP contribution in [0.1, 0.15) is 35.3 Å². The molecule has 2 amide bonds. The lowest BCUT2D eigenvalue weighted by molar-refractivity contribution is -0.118. The highest BCUT2D eigenvalue weighted by atomic mass is 35.5. The SMILES string of the molecule is CC(C)NC(=O)C(=Cc1ccc(Cl)cc1)NC(=O)c1ccc(C#N)cc1. The highest BCUT2D eigenvalue weighted by molar-refractivity contribution is 6.30. The Balaban J connectivity index is 2.27. The maximum atomic E-state index is 12.5. The molecule has 5 nitrogen and oxygen atoms in total. The van der Waals surface area contributed by atoms with Crippen LogP contribution in [-0.2, 0) is 4.79 Å². The Morgan fingerprint density at radius 3 is 2.23 bits per heavy atom. The third-order valence-electron chi connectivity index (χ3n) is 3.37. The van der Waals surface area contributed by atoms with Gasteiger partial charge in [0.05, 0.1) is 11.6 Å². The zero-order valence-electron chi connectivity index (χ0n) is 14.4. The van der Waals surface area contributed by atoms with Crippen LogP contribution in [0.5, 0.6) is 0 Å². The van der Waals surface area contributed by atoms with Crippen molar-refractivity contribution in [1.82, 2.24) is 10.6 Å². The van der Waals surface area contributed by atoms with Crippen LogP contribution in [0.15, 0.2) is 54.2 Å². The van der Waals surface area contributed by atoms with Crippen molar-refractivity contribution in [3.63, 3.8) is 0 Å². The number of nitrogens with zero attached hydrogens (tertiary/aromatic N) is 1. The van der Waals surface area contributed by atoms with Gasteiger partial charge in [-0.2, -0.15) is 5.26 Å². The van der Waals surface area contributed by atoms with Gasteiger partial charge in [0.25, 0.3) is 11.8 Å². The number of halogens is 1. The van der Waals surface area contributed by atoms with Crippen molar-refractivity contribution >= 4 is 29.5 Å². The highest BCUT2D eigenvalue weighted by Crippen LogP contribution is 2.13. The van der Waals surface area contributed by atoms with Crippen LogP contribution in [0.2, 0.25) is 5.02 Å². The van der Waals surface area contributed by atoms with Gasteiger partial charge < -0.3 is 10.6 Å². The average molecular weight is 368 g/mol. The van der Waals surface area contributed by atoms with E-state index in [0.717, 1.165) is 5.56 Å². The molecule has 0 aliphatic heterocycles. The first-order valence-electron chi connectivity index (χ1n) is 7.98. The maximum Gasteiger partial charge on any atom is 0.268 e. The molecule has 0 saturated heterocycles. The molecule has 132 valence electrons. The first kappa shape index (κ1) is 19.2. The van der Waals surface area contributed by atoms with Crippen molar-refractivity contribution < 1.29 is 9.59 Å². The molecular weight excluding hydrogens is 350 g/mol. The molecule has 0 spiro atoms. The Bertz CT molecular complexity index is 863. The van der Waals surface area contributed by atoms with E-state index in [-0.39, 0.29) is 11.7 Å². The smallest absolute Gasteiger partial charge is 0.268 e. The number of amides is 2. The van der Waals surface area contributed by atoms with Crippen molar-refractivity contribution in [3.05, 3.63) is 75.9 Å². The van der Waals surface area contributed by atoms with E-state index in [2.05, 4.69) is 10.6 Å². The molecule has 6 heteroatoms. The minimum atomic E-state index is -0.436. The van der Waals surface area contributed by atoms with Gasteiger partial charge in [0.1, 0.15) is 5.70 Å². The quantitative estimate of drug-likeness (QED) is 0.793. The minimum Gasteiger partial charge on any atom is -0.349 e. The summed E-state index contributed by atoms with van der Waals surface area (Å²) in [5.41, 5.74) is 1.65. The third-order valence-corrected chi connectivity index (χ3v) is 3.62. The van der Waals surface area contributed by atoms with Gasteiger partial charge in [0, 0.05) is 16.6 Å². The highest BCUT2D eigenvalue weighted by Gasteiger charge is 2.15. The standard InChI is InChI=1S/C20H18ClN3O2/c1-13(2)23-20(26)18(11-14-5-9-17(21)10-6-14)24-19(25)16-7-3-15(12-22)4-8-16/h3-11,13H,1-2H3,(H,23,26)(H,24,25). The van der Waals surface area contributed by atoms with E-state index in [4.69, 9.17) is 16.9 Å². The van der Waals surface area contributed by atoms with Crippen molar-refractivity contribution in [3.8, 4) is 6.07 Å². The molecule has 0 bridgehead atoms. The number of nitriles is 1. The second kappa shape index (κ2) is 8.84. The molecule has 0 aromatic heterocycles. The molecule has 0 saturated carbocycles. The lowest BCUT2D eigenvalue weighted by atomic mass is 10.1. The average Bonchev–Trinajstić information content (AvgIpc) is 2.62. The van der Waals surface area contributed by atoms with Crippen LogP contribution < -0.4 is 10.6 Å². The van der Waals surface area contributed by atoms with E-state index in [1.54, 1.807) is 42.5 Å². The van der Waals surface area contributed by atoms with Crippen LogP contribution in [0.3, 0.4) is 0 Å². The molecule has 0 aliphatic rings. The normalized spacial score (nSPS) is 11.0. The molecule has 26 heavy (non-hydrogen) atoms. The summed E-state index contributed by atoms with van der Waals surface area (Å²) >= 11 is 5.88. The Labute approximate surface area is 157 Å². The van der Waals surface area contributed by atoms with Crippen LogP contribution in [0.4, 0.5) is 0 Å². The molecule has 2 N–H and O–H groups in total. The van der Waals surface area contributed by atoms with Crippen LogP contribution in [0.25, 0.3) is 6.08 Å². The first-order valence-corrected chi connectivity index (χ1v) is 8.36. The van der Waals surface area contributed by atoms with Crippen LogP contribution in [0, 0.1) is 11.3 Å². The fraction of sp³-hybridized carbons (Fsp3) is 0.150. The molecule has 2 aromatic carbocycles. The van der Waals surface area contributed by atoms with Crippen molar-refractivity contribution in [1.29, 1.82) is 5.26 Å². The second-order valence-electron chi connectivity index (χ2n) is 5.88. The van der Waals surface area contributed by atoms with Gasteiger partial charge in [-0.1, -0.05) is 23.7 Å². The van der Waals surface area contributed by atoms with E-state index >= 15 is 0 Å². The molecule has 0 aliphatic carbocycles. The first-order chi connectivity index (χ1) is 12.4. The largest absolute Gasteiger partial charge is 0.349 e. The number of hydrogen-bond acceptors (Lipinski definition) is 3. The predicted molar refractivity (Wildman–Crippen MR) is 101 cm³/mol. The molecule has 0 unspecified atom stereocenters. The molecule has 0 heterocycles. The second-order valence-corrected chi connectivity index (χ2v) is 6.32. The van der Waals surface area contributed by atoms with Crippen LogP contribution in [-0.4, -0.2) is 17.9 Å². The van der Waals surface area contributed by atoms with Crippen molar-refractivity contribution in [2.24, 2.45) is 0 Å². The van der Waals surface area contributed by atoms with Gasteiger partial charge in [0.2, 0.25) is 0 Å². The topological polar surface area (TPSA) is 82.0 Å². The molecular formula is C20H18ClN3O2. The van der Waals surface area contributed by atoms with E-state index in [0.29, 0.717) is 16.1 Å². The molecule has 0 radical (unpaired) electrons. The number of nitrogens with one attached hydrogen (secondary N) is 2. The lowest BCUT2D eigenvalue weighted by Gasteiger charge is -2.13. The summed E-state index contributed by atoms with van der Waals surface area (Å²) in [4.78, 5) is 24.9. The summed E-state index contributed by atoms with van der Waals surface area (Å²) in [6.07, 6.45) is 1.58. The third kappa shape index (κ3) is 5.47. The minimum absolute atomic E-state index is 0.0806. The summed E-state index contributed by atoms with van der Waals surface area (Å²) in [5.74, 6) is -0.828. The van der Waals surface area contributed by atoms with E-state index in [9.17, 15) is 9.59 Å². The number of hydrogen-bond donors (Lipinski definition) is 2. The molecule has 2 aromatic rings. The summed E-state index contributed by atoms with van der Waals surface area (Å²) in [5, 5.41) is 14.8. The van der Waals surface area contributed by atoms with Crippen molar-refractivity contribution in [2.45, 2.75) is 19.9 Å². The van der Waals surface area contributed by atoms with E-state index in [1.807, 2.05) is 19.9 Å². The predicted octanol–water partition coefficient (Wildman–Crippen LogP) is 3.51. The maximum absolute atomic E-state index is 12.5. The Kier molecular flexibility index (Phi) is 6.54. The molecule has 0 fully saturated rings. The van der Waals surface area contributed by atoms with E-state index < -0.39 is 11.8 Å². The Morgan fingerprint density at radius 1 is 1.08 bits per heavy atom. The number of rotatable bonds is 5. The van der Waals surface area contributed by atoms with Gasteiger partial charge in [-0.3, -0.25) is 9.59 Å². The number of carbonyl (C=O) groups is 2. The summed E-state index contributed by atoms with van der Waals surface area (Å²) in [6, 6.07) is 15.0. The summed E-state index contributed by atoms with van der Waals surface area (Å²) in [6.45, 7) is 3.67. The summed E-state index contributed by atoms with van der Waals surface area (Å²) in [7, 11) is 0. The zero-order valence-corrected chi connectivity index (χ0v) is 15.2. The lowest BCUT2D eigenvalue weighted by Crippen LogP contribution is -2.38. The fourth-order valence-corrected chi connectivity index (χ4v) is 2.24. The Hall–Kier alpha value is -3.10. The van der Waals surface area contributed by atoms with Crippen LogP contribution >= 0.6 is 11.6 Å². The molecule has 2 rings (SSSR count). The fourth-order valence-electron chi connectivity index (χ4n) is 2.11. The van der Waals surface area contributed by atoms with Gasteiger partial charge in [-0.05, 0) is 61.9 Å². The van der Waals surface area contributed by atoms with Gasteiger partial charge >= 0.3 is 0 Å². The zero-order chi connectivity index (χ0) is 19.1. The molecule has 0 atom stereocenters. The van der Waals surface area contributed by atoms with E-state index in [1.165, 1.54) is 12.1 Å². The van der Waals surface area contributed by atoms with Gasteiger partial charge in [-0.15, -0.1) is 0 Å². The number of benzene rings is 2. The van der Waals surface area contributed by atoms with Gasteiger partial charge in [-0.25, -0.2) is 0 Å². The summed E-state index contributed by atoms with van der Waals surface area (Å²) < 4.78 is 0. The number of carbonyl (C=O) groups excluding carboxylic acids is 2. The van der Waals surface area contributed by atoms with Crippen molar-refractivity contribution in [2.75, 3.05) is 0 Å². The monoisotopic (exact) mass is 367 g/mol.